The van der Waals surface area contributed by atoms with Crippen LogP contribution in [0, 0.1) is 12.7 Å². The van der Waals surface area contributed by atoms with Gasteiger partial charge in [-0.3, -0.25) is 0 Å². The molecule has 0 atom stereocenters. The van der Waals surface area contributed by atoms with Gasteiger partial charge in [0, 0.05) is 24.1 Å². The lowest BCUT2D eigenvalue weighted by atomic mass is 10.1. The molecular weight excluding hydrogens is 421 g/mol. The number of rotatable bonds is 7. The van der Waals surface area contributed by atoms with Crippen LogP contribution in [0.25, 0.3) is 16.9 Å². The zero-order valence-electron chi connectivity index (χ0n) is 17.6. The van der Waals surface area contributed by atoms with Gasteiger partial charge >= 0.3 is 6.16 Å². The lowest BCUT2D eigenvalue weighted by Crippen LogP contribution is -2.09. The Kier molecular flexibility index (Phi) is 6.80. The molecule has 1 heterocycles. The third kappa shape index (κ3) is 5.32. The van der Waals surface area contributed by atoms with E-state index in [9.17, 15) is 17.6 Å². The second kappa shape index (κ2) is 9.34. The van der Waals surface area contributed by atoms with Crippen LogP contribution in [-0.4, -0.2) is 38.6 Å². The van der Waals surface area contributed by atoms with Gasteiger partial charge in [-0.05, 0) is 67.4 Å². The molecule has 3 aromatic rings. The van der Waals surface area contributed by atoms with Gasteiger partial charge in [0.15, 0.2) is 9.84 Å². The van der Waals surface area contributed by atoms with Crippen LogP contribution in [0.15, 0.2) is 59.5 Å². The van der Waals surface area contributed by atoms with Gasteiger partial charge in [-0.2, -0.15) is 0 Å². The maximum absolute atomic E-state index is 13.5. The average molecular weight is 446 g/mol. The van der Waals surface area contributed by atoms with Gasteiger partial charge in [0.05, 0.1) is 23.8 Å². The first-order valence-corrected chi connectivity index (χ1v) is 11.7. The van der Waals surface area contributed by atoms with Gasteiger partial charge in [-0.1, -0.05) is 12.1 Å². The maximum atomic E-state index is 13.5. The molecule has 164 valence electrons. The number of carbonyl (C=O) groups excluding carboxylic acids is 1. The Balaban J connectivity index is 2.00. The fourth-order valence-electron chi connectivity index (χ4n) is 3.32. The highest BCUT2D eigenvalue weighted by Gasteiger charge is 2.17. The van der Waals surface area contributed by atoms with E-state index in [2.05, 4.69) is 0 Å². The maximum Gasteiger partial charge on any atom is 0.508 e. The summed E-state index contributed by atoms with van der Waals surface area (Å²) < 4.78 is 48.9. The number of benzene rings is 2. The Hall–Kier alpha value is -3.13. The summed E-state index contributed by atoms with van der Waals surface area (Å²) >= 11 is 0. The third-order valence-electron chi connectivity index (χ3n) is 4.87. The number of sulfone groups is 1. The van der Waals surface area contributed by atoms with E-state index in [0.717, 1.165) is 34.5 Å². The Morgan fingerprint density at radius 2 is 1.68 bits per heavy atom. The van der Waals surface area contributed by atoms with Crippen molar-refractivity contribution in [2.75, 3.05) is 19.5 Å². The molecule has 0 bridgehead atoms. The molecule has 0 aliphatic rings. The monoisotopic (exact) mass is 445 g/mol. The molecule has 6 nitrogen and oxygen atoms in total. The van der Waals surface area contributed by atoms with E-state index in [-0.39, 0.29) is 23.9 Å². The summed E-state index contributed by atoms with van der Waals surface area (Å²) in [5.41, 5.74) is 4.23. The van der Waals surface area contributed by atoms with E-state index in [4.69, 9.17) is 9.47 Å². The number of carbonyl (C=O) groups is 1. The first-order valence-electron chi connectivity index (χ1n) is 9.78. The molecule has 0 radical (unpaired) electrons. The first kappa shape index (κ1) is 22.6. The van der Waals surface area contributed by atoms with E-state index in [1.807, 2.05) is 17.6 Å². The zero-order chi connectivity index (χ0) is 22.6. The van der Waals surface area contributed by atoms with Crippen LogP contribution in [0.4, 0.5) is 9.18 Å². The standard InChI is InChI=1S/C23H24FNO5S/c1-4-29-23(26)30-14-13-18-15-22(17-5-11-21(12-6-17)31(3,27)28)25(16(18)2)20-9-7-19(24)8-10-20/h5-12,15H,4,13-14H2,1-3H3. The summed E-state index contributed by atoms with van der Waals surface area (Å²) in [7, 11) is -3.31. The molecule has 2 aromatic carbocycles. The van der Waals surface area contributed by atoms with Crippen molar-refractivity contribution in [2.45, 2.75) is 25.2 Å². The van der Waals surface area contributed by atoms with Crippen LogP contribution in [0.5, 0.6) is 0 Å². The van der Waals surface area contributed by atoms with Crippen molar-refractivity contribution in [1.29, 1.82) is 0 Å². The number of ether oxygens (including phenoxy) is 2. The van der Waals surface area contributed by atoms with Crippen LogP contribution in [0.2, 0.25) is 0 Å². The topological polar surface area (TPSA) is 74.6 Å². The van der Waals surface area contributed by atoms with Crippen LogP contribution in [-0.2, 0) is 25.7 Å². The summed E-state index contributed by atoms with van der Waals surface area (Å²) in [6, 6.07) is 14.7. The van der Waals surface area contributed by atoms with Gasteiger partial charge in [0.1, 0.15) is 5.82 Å². The van der Waals surface area contributed by atoms with Crippen molar-refractivity contribution < 1.29 is 27.1 Å². The minimum absolute atomic E-state index is 0.152. The molecule has 3 rings (SSSR count). The third-order valence-corrected chi connectivity index (χ3v) is 6.00. The molecule has 0 fully saturated rings. The highest BCUT2D eigenvalue weighted by Crippen LogP contribution is 2.30. The summed E-state index contributed by atoms with van der Waals surface area (Å²) in [5.74, 6) is -0.337. The Morgan fingerprint density at radius 1 is 1.03 bits per heavy atom. The molecule has 31 heavy (non-hydrogen) atoms. The highest BCUT2D eigenvalue weighted by molar-refractivity contribution is 7.90. The number of hydrogen-bond acceptors (Lipinski definition) is 5. The fraction of sp³-hybridized carbons (Fsp3) is 0.261. The quantitative estimate of drug-likeness (QED) is 0.493. The predicted octanol–water partition coefficient (Wildman–Crippen LogP) is 4.71. The number of aromatic nitrogens is 1. The van der Waals surface area contributed by atoms with Gasteiger partial charge in [-0.25, -0.2) is 17.6 Å². The van der Waals surface area contributed by atoms with E-state index in [1.165, 1.54) is 12.1 Å². The highest BCUT2D eigenvalue weighted by atomic mass is 32.2. The molecule has 0 saturated heterocycles. The molecule has 0 amide bonds. The summed E-state index contributed by atoms with van der Waals surface area (Å²) in [6.45, 7) is 4.03. The minimum atomic E-state index is -3.31. The average Bonchev–Trinajstić information content (AvgIpc) is 3.05. The molecule has 0 saturated carbocycles. The second-order valence-corrected chi connectivity index (χ2v) is 9.05. The molecule has 0 N–H and O–H groups in total. The number of hydrogen-bond donors (Lipinski definition) is 0. The van der Waals surface area contributed by atoms with Crippen LogP contribution < -0.4 is 0 Å². The molecule has 8 heteroatoms. The van der Waals surface area contributed by atoms with Crippen LogP contribution in [0.3, 0.4) is 0 Å². The lowest BCUT2D eigenvalue weighted by molar-refractivity contribution is 0.0599. The van der Waals surface area contributed by atoms with E-state index < -0.39 is 16.0 Å². The predicted molar refractivity (Wildman–Crippen MR) is 116 cm³/mol. The van der Waals surface area contributed by atoms with Crippen molar-refractivity contribution in [3.05, 3.63) is 71.7 Å². The summed E-state index contributed by atoms with van der Waals surface area (Å²) in [4.78, 5) is 11.7. The van der Waals surface area contributed by atoms with Crippen LogP contribution in [0.1, 0.15) is 18.2 Å². The van der Waals surface area contributed by atoms with Crippen molar-refractivity contribution in [2.24, 2.45) is 0 Å². The van der Waals surface area contributed by atoms with Crippen molar-refractivity contribution in [1.82, 2.24) is 4.57 Å². The summed E-state index contributed by atoms with van der Waals surface area (Å²) in [6.07, 6.45) is 0.914. The Bertz CT molecular complexity index is 1170. The van der Waals surface area contributed by atoms with E-state index in [0.29, 0.717) is 6.42 Å². The van der Waals surface area contributed by atoms with Crippen molar-refractivity contribution in [3.8, 4) is 16.9 Å². The summed E-state index contributed by atoms with van der Waals surface area (Å²) in [5, 5.41) is 0. The van der Waals surface area contributed by atoms with E-state index in [1.54, 1.807) is 43.3 Å². The van der Waals surface area contributed by atoms with Gasteiger partial charge in [0.2, 0.25) is 0 Å². The van der Waals surface area contributed by atoms with Gasteiger partial charge in [0.25, 0.3) is 0 Å². The zero-order valence-corrected chi connectivity index (χ0v) is 18.4. The van der Waals surface area contributed by atoms with Crippen molar-refractivity contribution >= 4 is 16.0 Å². The minimum Gasteiger partial charge on any atom is -0.435 e. The fourth-order valence-corrected chi connectivity index (χ4v) is 3.95. The first-order chi connectivity index (χ1) is 14.7. The lowest BCUT2D eigenvalue weighted by Gasteiger charge is -2.13. The number of halogens is 1. The van der Waals surface area contributed by atoms with Gasteiger partial charge in [-0.15, -0.1) is 0 Å². The van der Waals surface area contributed by atoms with Gasteiger partial charge < -0.3 is 14.0 Å². The number of nitrogens with zero attached hydrogens (tertiary/aromatic N) is 1. The van der Waals surface area contributed by atoms with Crippen molar-refractivity contribution in [3.63, 3.8) is 0 Å². The smallest absolute Gasteiger partial charge is 0.435 e. The molecule has 0 aliphatic carbocycles. The second-order valence-electron chi connectivity index (χ2n) is 7.03. The molecule has 0 aliphatic heterocycles. The molecule has 1 aromatic heterocycles. The molecule has 0 spiro atoms. The normalized spacial score (nSPS) is 11.4. The Morgan fingerprint density at radius 3 is 2.26 bits per heavy atom. The molecular formula is C23H24FNO5S. The van der Waals surface area contributed by atoms with Crippen LogP contribution >= 0.6 is 0 Å². The molecule has 0 unspecified atom stereocenters. The largest absolute Gasteiger partial charge is 0.508 e. The van der Waals surface area contributed by atoms with E-state index >= 15 is 0 Å². The SMILES string of the molecule is CCOC(=O)OCCc1cc(-c2ccc(S(C)(=O)=O)cc2)n(-c2ccc(F)cc2)c1C. The Labute approximate surface area is 181 Å².